The number of hydrogen-bond acceptors (Lipinski definition) is 4. The average molecular weight is 474 g/mol. The van der Waals surface area contributed by atoms with Gasteiger partial charge in [0.1, 0.15) is 11.3 Å². The Bertz CT molecular complexity index is 1010. The van der Waals surface area contributed by atoms with E-state index in [1.54, 1.807) is 23.1 Å². The van der Waals surface area contributed by atoms with Crippen molar-refractivity contribution in [3.63, 3.8) is 0 Å². The minimum atomic E-state index is -0.732. The van der Waals surface area contributed by atoms with Crippen molar-refractivity contribution in [3.8, 4) is 0 Å². The minimum Gasteiger partial charge on any atom is -0.302 e. The van der Waals surface area contributed by atoms with Crippen LogP contribution >= 0.6 is 35.3 Å². The van der Waals surface area contributed by atoms with Crippen molar-refractivity contribution >= 4 is 56.6 Å². The second kappa shape index (κ2) is 11.0. The SMILES string of the molecule is CCN(CC)CCN(C(=O)Cc1ccccc1Cl)c1nc2c(F)cc(F)cc2s1.Cl. The van der Waals surface area contributed by atoms with E-state index in [0.29, 0.717) is 33.5 Å². The highest BCUT2D eigenvalue weighted by atomic mass is 35.5. The quantitative estimate of drug-likeness (QED) is 0.429. The summed E-state index contributed by atoms with van der Waals surface area (Å²) in [5.41, 5.74) is 0.787. The molecule has 0 bridgehead atoms. The topological polar surface area (TPSA) is 36.4 Å². The number of hydrogen-bond donors (Lipinski definition) is 0. The fourth-order valence-electron chi connectivity index (χ4n) is 3.07. The van der Waals surface area contributed by atoms with E-state index in [1.165, 1.54) is 6.07 Å². The standard InChI is InChI=1S/C21H22ClF2N3OS.ClH/c1-3-26(4-2)9-10-27(19(28)11-14-7-5-6-8-16(14)22)21-25-20-17(24)12-15(23)13-18(20)29-21;/h5-8,12-13H,3-4,9-11H2,1-2H3;1H. The lowest BCUT2D eigenvalue weighted by molar-refractivity contribution is -0.118. The van der Waals surface area contributed by atoms with Crippen LogP contribution in [0.4, 0.5) is 13.9 Å². The summed E-state index contributed by atoms with van der Waals surface area (Å²) in [6.07, 6.45) is 0.102. The number of rotatable bonds is 8. The zero-order chi connectivity index (χ0) is 21.0. The predicted molar refractivity (Wildman–Crippen MR) is 122 cm³/mol. The van der Waals surface area contributed by atoms with Gasteiger partial charge in [-0.05, 0) is 30.8 Å². The monoisotopic (exact) mass is 473 g/mol. The van der Waals surface area contributed by atoms with Crippen molar-refractivity contribution in [1.29, 1.82) is 0 Å². The molecule has 1 aromatic heterocycles. The summed E-state index contributed by atoms with van der Waals surface area (Å²) in [6, 6.07) is 9.21. The number of amides is 1. The van der Waals surface area contributed by atoms with Gasteiger partial charge in [0.2, 0.25) is 5.91 Å². The summed E-state index contributed by atoms with van der Waals surface area (Å²) < 4.78 is 28.1. The van der Waals surface area contributed by atoms with Gasteiger partial charge in [0.25, 0.3) is 0 Å². The van der Waals surface area contributed by atoms with Crippen molar-refractivity contribution in [3.05, 3.63) is 58.6 Å². The number of nitrogens with zero attached hydrogens (tertiary/aromatic N) is 3. The van der Waals surface area contributed by atoms with E-state index < -0.39 is 11.6 Å². The van der Waals surface area contributed by atoms with E-state index in [2.05, 4.69) is 23.7 Å². The summed E-state index contributed by atoms with van der Waals surface area (Å²) in [7, 11) is 0. The molecular weight excluding hydrogens is 451 g/mol. The van der Waals surface area contributed by atoms with E-state index in [4.69, 9.17) is 11.6 Å². The number of halogens is 4. The first-order chi connectivity index (χ1) is 13.9. The second-order valence-corrected chi connectivity index (χ2v) is 7.99. The van der Waals surface area contributed by atoms with E-state index in [1.807, 2.05) is 6.07 Å². The molecule has 0 saturated heterocycles. The van der Waals surface area contributed by atoms with Crippen LogP contribution in [0.3, 0.4) is 0 Å². The molecule has 3 rings (SSSR count). The van der Waals surface area contributed by atoms with Gasteiger partial charge in [-0.15, -0.1) is 12.4 Å². The normalized spacial score (nSPS) is 11.0. The first-order valence-electron chi connectivity index (χ1n) is 9.44. The summed E-state index contributed by atoms with van der Waals surface area (Å²) in [5.74, 6) is -1.59. The molecule has 0 aliphatic rings. The van der Waals surface area contributed by atoms with Gasteiger partial charge in [0.05, 0.1) is 11.1 Å². The molecule has 0 atom stereocenters. The van der Waals surface area contributed by atoms with Crippen LogP contribution in [0.25, 0.3) is 10.2 Å². The van der Waals surface area contributed by atoms with Crippen LogP contribution in [-0.4, -0.2) is 42.0 Å². The summed E-state index contributed by atoms with van der Waals surface area (Å²) in [5, 5.41) is 0.871. The number of fused-ring (bicyclic) bond motifs is 1. The number of carbonyl (C=O) groups is 1. The van der Waals surface area contributed by atoms with Crippen molar-refractivity contribution in [1.82, 2.24) is 9.88 Å². The van der Waals surface area contributed by atoms with Gasteiger partial charge in [-0.1, -0.05) is 55.0 Å². The smallest absolute Gasteiger partial charge is 0.233 e. The highest BCUT2D eigenvalue weighted by Crippen LogP contribution is 2.31. The summed E-state index contributed by atoms with van der Waals surface area (Å²) in [4.78, 5) is 21.2. The Kier molecular flexibility index (Phi) is 8.97. The Balaban J connectivity index is 0.00000320. The molecule has 30 heavy (non-hydrogen) atoms. The van der Waals surface area contributed by atoms with Crippen LogP contribution in [0.15, 0.2) is 36.4 Å². The molecule has 1 amide bonds. The average Bonchev–Trinajstić information content (AvgIpc) is 3.11. The lowest BCUT2D eigenvalue weighted by Gasteiger charge is -2.25. The van der Waals surface area contributed by atoms with E-state index >= 15 is 0 Å². The zero-order valence-electron chi connectivity index (χ0n) is 16.7. The highest BCUT2D eigenvalue weighted by molar-refractivity contribution is 7.22. The van der Waals surface area contributed by atoms with Crippen LogP contribution < -0.4 is 4.90 Å². The summed E-state index contributed by atoms with van der Waals surface area (Å²) in [6.45, 7) is 6.85. The van der Waals surface area contributed by atoms with Gasteiger partial charge < -0.3 is 4.90 Å². The second-order valence-electron chi connectivity index (χ2n) is 6.57. The Morgan fingerprint density at radius 3 is 2.50 bits per heavy atom. The molecule has 1 heterocycles. The van der Waals surface area contributed by atoms with E-state index in [9.17, 15) is 13.6 Å². The Morgan fingerprint density at radius 2 is 1.83 bits per heavy atom. The van der Waals surface area contributed by atoms with E-state index in [-0.39, 0.29) is 30.3 Å². The maximum absolute atomic E-state index is 14.1. The maximum atomic E-state index is 14.1. The molecule has 0 saturated carbocycles. The number of likely N-dealkylation sites (N-methyl/N-ethyl adjacent to an activating group) is 1. The molecule has 0 N–H and O–H groups in total. The lowest BCUT2D eigenvalue weighted by atomic mass is 10.1. The fraction of sp³-hybridized carbons (Fsp3) is 0.333. The third-order valence-corrected chi connectivity index (χ3v) is 6.16. The van der Waals surface area contributed by atoms with Gasteiger partial charge in [0.15, 0.2) is 10.9 Å². The Hall–Kier alpha value is -1.80. The van der Waals surface area contributed by atoms with E-state index in [0.717, 1.165) is 30.5 Å². The third kappa shape index (κ3) is 5.66. The fourth-order valence-corrected chi connectivity index (χ4v) is 4.32. The van der Waals surface area contributed by atoms with Crippen molar-refractivity contribution in [2.45, 2.75) is 20.3 Å². The third-order valence-electron chi connectivity index (χ3n) is 4.77. The lowest BCUT2D eigenvalue weighted by Crippen LogP contribution is -2.39. The molecule has 3 aromatic rings. The van der Waals surface area contributed by atoms with Gasteiger partial charge in [-0.3, -0.25) is 9.69 Å². The zero-order valence-corrected chi connectivity index (χ0v) is 19.1. The number of benzene rings is 2. The van der Waals surface area contributed by atoms with Gasteiger partial charge in [-0.2, -0.15) is 0 Å². The van der Waals surface area contributed by atoms with Crippen molar-refractivity contribution in [2.75, 3.05) is 31.1 Å². The molecule has 0 fully saturated rings. The Morgan fingerprint density at radius 1 is 1.13 bits per heavy atom. The van der Waals surface area contributed by atoms with Gasteiger partial charge >= 0.3 is 0 Å². The number of anilines is 1. The summed E-state index contributed by atoms with van der Waals surface area (Å²) >= 11 is 7.32. The molecule has 0 aliphatic heterocycles. The number of aromatic nitrogens is 1. The first kappa shape index (κ1) is 24.5. The Labute approximate surface area is 189 Å². The molecular formula is C21H23Cl2F2N3OS. The van der Waals surface area contributed by atoms with Gasteiger partial charge in [0, 0.05) is 24.2 Å². The molecule has 2 aromatic carbocycles. The molecule has 0 unspecified atom stereocenters. The molecule has 9 heteroatoms. The van der Waals surface area contributed by atoms with Crippen LogP contribution in [-0.2, 0) is 11.2 Å². The molecule has 162 valence electrons. The van der Waals surface area contributed by atoms with Crippen LogP contribution in [0, 0.1) is 11.6 Å². The molecule has 4 nitrogen and oxygen atoms in total. The minimum absolute atomic E-state index is 0. The van der Waals surface area contributed by atoms with Crippen LogP contribution in [0.1, 0.15) is 19.4 Å². The highest BCUT2D eigenvalue weighted by Gasteiger charge is 2.22. The van der Waals surface area contributed by atoms with Crippen molar-refractivity contribution < 1.29 is 13.6 Å². The van der Waals surface area contributed by atoms with Crippen molar-refractivity contribution in [2.24, 2.45) is 0 Å². The molecule has 0 aliphatic carbocycles. The first-order valence-corrected chi connectivity index (χ1v) is 10.6. The predicted octanol–water partition coefficient (Wildman–Crippen LogP) is 5.57. The largest absolute Gasteiger partial charge is 0.302 e. The number of thiazole rings is 1. The number of carbonyl (C=O) groups excluding carboxylic acids is 1. The van der Waals surface area contributed by atoms with Gasteiger partial charge in [-0.25, -0.2) is 13.8 Å². The maximum Gasteiger partial charge on any atom is 0.233 e. The van der Waals surface area contributed by atoms with Crippen LogP contribution in [0.5, 0.6) is 0 Å². The molecule has 0 radical (unpaired) electrons. The van der Waals surface area contributed by atoms with Crippen LogP contribution in [0.2, 0.25) is 5.02 Å². The molecule has 0 spiro atoms.